The number of carbonyl (C=O) groups excluding carboxylic acids is 2. The largest absolute Gasteiger partial charge is 0.462 e. The maximum absolute atomic E-state index is 12.8. The zero-order valence-corrected chi connectivity index (χ0v) is 37.0. The van der Waals surface area contributed by atoms with Crippen LogP contribution in [0.5, 0.6) is 0 Å². The number of hydrogen-bond donors (Lipinski definition) is 4. The van der Waals surface area contributed by atoms with Crippen LogP contribution in [0.25, 0.3) is 0 Å². The Morgan fingerprint density at radius 1 is 0.586 bits per heavy atom. The quantitative estimate of drug-likeness (QED) is 0.0200. The number of aliphatic hydroxyl groups excluding tert-OH is 3. The van der Waals surface area contributed by atoms with Gasteiger partial charge >= 0.3 is 11.9 Å². The van der Waals surface area contributed by atoms with E-state index >= 15 is 0 Å². The molecule has 1 saturated heterocycles. The summed E-state index contributed by atoms with van der Waals surface area (Å²) >= 11 is 0. The second kappa shape index (κ2) is 35.8. The molecule has 1 fully saturated rings. The topological polar surface area (TPSA) is 186 Å². The van der Waals surface area contributed by atoms with Crippen molar-refractivity contribution >= 4 is 22.1 Å². The summed E-state index contributed by atoms with van der Waals surface area (Å²) in [5.74, 6) is -1.99. The Balaban J connectivity index is 2.44. The van der Waals surface area contributed by atoms with E-state index in [2.05, 4.69) is 38.2 Å². The van der Waals surface area contributed by atoms with Crippen LogP contribution in [0.3, 0.4) is 0 Å². The van der Waals surface area contributed by atoms with Gasteiger partial charge in [0.15, 0.2) is 12.4 Å². The molecule has 13 heteroatoms. The lowest BCUT2D eigenvalue weighted by molar-refractivity contribution is -0.297. The van der Waals surface area contributed by atoms with Gasteiger partial charge in [0.2, 0.25) is 0 Å². The Morgan fingerprint density at radius 2 is 1.05 bits per heavy atom. The fourth-order valence-electron chi connectivity index (χ4n) is 6.93. The summed E-state index contributed by atoms with van der Waals surface area (Å²) < 4.78 is 54.0. The molecule has 1 aliphatic heterocycles. The van der Waals surface area contributed by atoms with Crippen molar-refractivity contribution in [2.24, 2.45) is 0 Å². The lowest BCUT2D eigenvalue weighted by Crippen LogP contribution is -2.60. The summed E-state index contributed by atoms with van der Waals surface area (Å²) in [5.41, 5.74) is 0. The van der Waals surface area contributed by atoms with E-state index in [-0.39, 0.29) is 19.4 Å². The van der Waals surface area contributed by atoms with Crippen LogP contribution in [-0.4, -0.2) is 96.0 Å². The van der Waals surface area contributed by atoms with Gasteiger partial charge in [0, 0.05) is 12.8 Å². The molecule has 0 aliphatic carbocycles. The molecule has 1 heterocycles. The molecule has 0 aromatic rings. The Labute approximate surface area is 351 Å². The molecule has 0 aromatic carbocycles. The van der Waals surface area contributed by atoms with Crippen molar-refractivity contribution in [3.05, 3.63) is 24.3 Å². The number of allylic oxidation sites excluding steroid dienone is 4. The normalized spacial score (nSPS) is 20.6. The Kier molecular flexibility index (Phi) is 33.5. The molecule has 0 aromatic heterocycles. The predicted molar refractivity (Wildman–Crippen MR) is 229 cm³/mol. The molecule has 4 N–H and O–H groups in total. The first kappa shape index (κ1) is 54.1. The molecular formula is C45H82O12S. The summed E-state index contributed by atoms with van der Waals surface area (Å²) in [6.07, 6.45) is 29.3. The molecular weight excluding hydrogens is 765 g/mol. The standard InChI is InChI=1S/C45H82O12S/c1-3-5-7-9-11-13-15-17-19-20-22-23-25-27-29-31-33-40(46)54-35-38(36-55-45-44(50)43(49)42(48)39(57-45)37-58(51,52)53)56-41(47)34-32-30-28-26-24-21-18-16-14-12-10-8-6-4-2/h10,12,16,18,38-39,42-45,48-50H,3-9,11,13-15,17,19-37H2,1-2H3,(H,51,52,53)/b12-10+,18-16+/t38-,39-,42-,43?,44?,45+/m1/s1. The SMILES string of the molecule is CCCC/C=C/C/C=C/CCCCCCCC(=O)O[C@H](COC(=O)CCCCCCCCCCCCCCCCCC)CO[C@H]1O[C@H](CS(=O)(=O)O)[C@@H](O)C(O)C1O. The molecule has 0 radical (unpaired) electrons. The summed E-state index contributed by atoms with van der Waals surface area (Å²) in [7, 11) is -4.60. The first-order valence-electron chi connectivity index (χ1n) is 22.9. The predicted octanol–water partition coefficient (Wildman–Crippen LogP) is 9.23. The van der Waals surface area contributed by atoms with Gasteiger partial charge in [-0.1, -0.05) is 167 Å². The molecule has 0 saturated carbocycles. The zero-order valence-electron chi connectivity index (χ0n) is 36.2. The molecule has 2 unspecified atom stereocenters. The molecule has 1 rings (SSSR count). The minimum Gasteiger partial charge on any atom is -0.462 e. The molecule has 0 bridgehead atoms. The van der Waals surface area contributed by atoms with E-state index in [1.807, 2.05) is 0 Å². The molecule has 6 atom stereocenters. The molecule has 0 amide bonds. The van der Waals surface area contributed by atoms with Crippen molar-refractivity contribution in [2.75, 3.05) is 19.0 Å². The lowest BCUT2D eigenvalue weighted by Gasteiger charge is -2.40. The Morgan fingerprint density at radius 3 is 1.57 bits per heavy atom. The summed E-state index contributed by atoms with van der Waals surface area (Å²) in [6.45, 7) is 3.72. The minimum absolute atomic E-state index is 0.151. The monoisotopic (exact) mass is 847 g/mol. The van der Waals surface area contributed by atoms with Crippen LogP contribution in [0.4, 0.5) is 0 Å². The van der Waals surface area contributed by atoms with Crippen molar-refractivity contribution in [3.63, 3.8) is 0 Å². The fraction of sp³-hybridized carbons (Fsp3) is 0.867. The van der Waals surface area contributed by atoms with Gasteiger partial charge in [-0.3, -0.25) is 14.1 Å². The van der Waals surface area contributed by atoms with Gasteiger partial charge in [-0.2, -0.15) is 8.42 Å². The number of ether oxygens (including phenoxy) is 4. The minimum atomic E-state index is -4.60. The van der Waals surface area contributed by atoms with Crippen LogP contribution in [0, 0.1) is 0 Å². The fourth-order valence-corrected chi connectivity index (χ4v) is 7.62. The van der Waals surface area contributed by atoms with Crippen molar-refractivity contribution in [2.45, 2.75) is 230 Å². The van der Waals surface area contributed by atoms with E-state index < -0.39 is 71.2 Å². The molecule has 12 nitrogen and oxygen atoms in total. The van der Waals surface area contributed by atoms with Gasteiger partial charge < -0.3 is 34.3 Å². The van der Waals surface area contributed by atoms with Crippen LogP contribution in [0.15, 0.2) is 24.3 Å². The highest BCUT2D eigenvalue weighted by molar-refractivity contribution is 7.85. The molecule has 58 heavy (non-hydrogen) atoms. The van der Waals surface area contributed by atoms with E-state index in [0.717, 1.165) is 64.2 Å². The highest BCUT2D eigenvalue weighted by Gasteiger charge is 2.46. The lowest BCUT2D eigenvalue weighted by atomic mass is 10.00. The van der Waals surface area contributed by atoms with Gasteiger partial charge in [0.05, 0.1) is 6.61 Å². The summed E-state index contributed by atoms with van der Waals surface area (Å²) in [4.78, 5) is 25.4. The van der Waals surface area contributed by atoms with E-state index in [1.54, 1.807) is 0 Å². The highest BCUT2D eigenvalue weighted by Crippen LogP contribution is 2.24. The molecule has 0 spiro atoms. The van der Waals surface area contributed by atoms with Crippen LogP contribution in [0.1, 0.15) is 194 Å². The average Bonchev–Trinajstić information content (AvgIpc) is 3.18. The third-order valence-corrected chi connectivity index (χ3v) is 11.3. The van der Waals surface area contributed by atoms with Crippen LogP contribution in [-0.2, 0) is 38.7 Å². The molecule has 340 valence electrons. The van der Waals surface area contributed by atoms with Gasteiger partial charge in [-0.25, -0.2) is 0 Å². The first-order valence-corrected chi connectivity index (χ1v) is 24.5. The van der Waals surface area contributed by atoms with E-state index in [0.29, 0.717) is 12.8 Å². The number of hydrogen-bond acceptors (Lipinski definition) is 11. The van der Waals surface area contributed by atoms with Crippen molar-refractivity contribution < 1.29 is 56.8 Å². The third kappa shape index (κ3) is 30.2. The van der Waals surface area contributed by atoms with Gasteiger partial charge in [0.25, 0.3) is 10.1 Å². The Bertz CT molecular complexity index is 1180. The van der Waals surface area contributed by atoms with Gasteiger partial charge in [-0.05, 0) is 38.5 Å². The Hall–Kier alpha value is -1.87. The van der Waals surface area contributed by atoms with Gasteiger partial charge in [-0.15, -0.1) is 0 Å². The summed E-state index contributed by atoms with van der Waals surface area (Å²) in [6, 6.07) is 0. The second-order valence-electron chi connectivity index (χ2n) is 16.1. The maximum atomic E-state index is 12.8. The molecule has 1 aliphatic rings. The number of carbonyl (C=O) groups is 2. The number of aliphatic hydroxyl groups is 3. The van der Waals surface area contributed by atoms with Crippen LogP contribution >= 0.6 is 0 Å². The zero-order chi connectivity index (χ0) is 42.7. The van der Waals surface area contributed by atoms with E-state index in [4.69, 9.17) is 18.9 Å². The average molecular weight is 847 g/mol. The number of unbranched alkanes of at least 4 members (excludes halogenated alkanes) is 22. The first-order chi connectivity index (χ1) is 28.0. The van der Waals surface area contributed by atoms with Crippen LogP contribution < -0.4 is 0 Å². The second-order valence-corrected chi connectivity index (χ2v) is 17.6. The third-order valence-electron chi connectivity index (χ3n) is 10.5. The van der Waals surface area contributed by atoms with Crippen molar-refractivity contribution in [1.82, 2.24) is 0 Å². The van der Waals surface area contributed by atoms with E-state index in [9.17, 15) is 37.9 Å². The number of esters is 2. The smallest absolute Gasteiger partial charge is 0.306 e. The van der Waals surface area contributed by atoms with Crippen LogP contribution in [0.2, 0.25) is 0 Å². The highest BCUT2D eigenvalue weighted by atomic mass is 32.2. The summed E-state index contributed by atoms with van der Waals surface area (Å²) in [5, 5.41) is 30.9. The maximum Gasteiger partial charge on any atom is 0.306 e. The van der Waals surface area contributed by atoms with Crippen molar-refractivity contribution in [3.8, 4) is 0 Å². The van der Waals surface area contributed by atoms with E-state index in [1.165, 1.54) is 89.9 Å². The van der Waals surface area contributed by atoms with Crippen molar-refractivity contribution in [1.29, 1.82) is 0 Å². The number of rotatable bonds is 38. The van der Waals surface area contributed by atoms with Gasteiger partial charge in [0.1, 0.15) is 36.8 Å².